The maximum absolute atomic E-state index is 11.9. The van der Waals surface area contributed by atoms with Crippen molar-refractivity contribution in [2.24, 2.45) is 5.73 Å². The Bertz CT molecular complexity index is 650. The first kappa shape index (κ1) is 26.2. The molecule has 0 aromatic rings. The largest absolute Gasteiger partial charge is 0.480 e. The highest BCUT2D eigenvalue weighted by atomic mass is 32.2. The average molecular weight is 472 g/mol. The molecular weight excluding hydrogens is 434 g/mol. The quantitative estimate of drug-likeness (QED) is 0.142. The van der Waals surface area contributed by atoms with Crippen LogP contribution < -0.4 is 27.0 Å². The van der Waals surface area contributed by atoms with E-state index in [-0.39, 0.29) is 29.9 Å². The van der Waals surface area contributed by atoms with E-state index in [0.717, 1.165) is 44.3 Å². The normalized spacial score (nSPS) is 22.5. The minimum atomic E-state index is -1.03. The predicted octanol–water partition coefficient (Wildman–Crippen LogP) is 0.697. The summed E-state index contributed by atoms with van der Waals surface area (Å²) in [4.78, 5) is 45.7. The standard InChI is InChI=1S/C21H37N5O5S/c22-14(20(29)30)7-6-12-24-17(27)9-2-1-5-11-23-18(28)10-4-3-8-16-19-15(13-32-16)25-21(31)26-19/h14-16,19H,1-13,22H2,(H,23,28)(H,24,27)(H,29,30)(H2,25,26,31)/t14-,15-,16-,19-/m0/s1. The van der Waals surface area contributed by atoms with Gasteiger partial charge in [-0.05, 0) is 38.5 Å². The predicted molar refractivity (Wildman–Crippen MR) is 123 cm³/mol. The van der Waals surface area contributed by atoms with Crippen LogP contribution in [0.5, 0.6) is 0 Å². The Balaban J connectivity index is 1.37. The van der Waals surface area contributed by atoms with Gasteiger partial charge in [0.2, 0.25) is 11.8 Å². The van der Waals surface area contributed by atoms with Crippen LogP contribution in [0.1, 0.15) is 64.2 Å². The van der Waals surface area contributed by atoms with Crippen LogP contribution in [0.3, 0.4) is 0 Å². The van der Waals surface area contributed by atoms with Gasteiger partial charge in [-0.1, -0.05) is 12.8 Å². The van der Waals surface area contributed by atoms with Gasteiger partial charge in [0.15, 0.2) is 0 Å². The molecule has 4 amide bonds. The summed E-state index contributed by atoms with van der Waals surface area (Å²) in [6.07, 6.45) is 7.10. The number of urea groups is 1. The van der Waals surface area contributed by atoms with Gasteiger partial charge in [0.05, 0.1) is 12.1 Å². The van der Waals surface area contributed by atoms with Gasteiger partial charge >= 0.3 is 12.0 Å². The lowest BCUT2D eigenvalue weighted by Gasteiger charge is -2.16. The van der Waals surface area contributed by atoms with E-state index < -0.39 is 12.0 Å². The Kier molecular flexibility index (Phi) is 11.6. The number of unbranched alkanes of at least 4 members (excludes halogenated alkanes) is 3. The highest BCUT2D eigenvalue weighted by Crippen LogP contribution is 2.33. The number of fused-ring (bicyclic) bond motifs is 1. The number of aliphatic carboxylic acids is 1. The fourth-order valence-electron chi connectivity index (χ4n) is 3.94. The number of hydrogen-bond acceptors (Lipinski definition) is 6. The average Bonchev–Trinajstić information content (AvgIpc) is 3.30. The van der Waals surface area contributed by atoms with Crippen molar-refractivity contribution < 1.29 is 24.3 Å². The highest BCUT2D eigenvalue weighted by molar-refractivity contribution is 8.00. The SMILES string of the molecule is N[C@@H](CCCNC(=O)CCCCCNC(=O)CCCC[C@@H]1SC[C@@H]2NC(=O)N[C@@H]21)C(=O)O. The maximum Gasteiger partial charge on any atom is 0.320 e. The summed E-state index contributed by atoms with van der Waals surface area (Å²) in [6, 6.07) is -0.480. The minimum Gasteiger partial charge on any atom is -0.480 e. The fourth-order valence-corrected chi connectivity index (χ4v) is 5.48. The molecule has 0 unspecified atom stereocenters. The van der Waals surface area contributed by atoms with Gasteiger partial charge in [-0.15, -0.1) is 0 Å². The molecule has 2 aliphatic heterocycles. The zero-order valence-corrected chi connectivity index (χ0v) is 19.4. The van der Waals surface area contributed by atoms with Crippen molar-refractivity contribution in [3.8, 4) is 0 Å². The maximum atomic E-state index is 11.9. The van der Waals surface area contributed by atoms with Crippen LogP contribution in [0.4, 0.5) is 4.79 Å². The molecule has 2 heterocycles. The molecule has 0 bridgehead atoms. The second-order valence-corrected chi connectivity index (χ2v) is 9.74. The van der Waals surface area contributed by atoms with E-state index in [1.165, 1.54) is 0 Å². The Morgan fingerprint density at radius 2 is 1.66 bits per heavy atom. The topological polar surface area (TPSA) is 163 Å². The lowest BCUT2D eigenvalue weighted by molar-refractivity contribution is -0.138. The van der Waals surface area contributed by atoms with Gasteiger partial charge < -0.3 is 32.1 Å². The van der Waals surface area contributed by atoms with Crippen LogP contribution in [0.15, 0.2) is 0 Å². The number of rotatable bonds is 16. The Morgan fingerprint density at radius 1 is 1.00 bits per heavy atom. The van der Waals surface area contributed by atoms with E-state index >= 15 is 0 Å². The van der Waals surface area contributed by atoms with Crippen molar-refractivity contribution in [3.63, 3.8) is 0 Å². The van der Waals surface area contributed by atoms with E-state index in [2.05, 4.69) is 21.3 Å². The van der Waals surface area contributed by atoms with E-state index in [9.17, 15) is 19.2 Å². The minimum absolute atomic E-state index is 0.0439. The van der Waals surface area contributed by atoms with Crippen molar-refractivity contribution in [1.82, 2.24) is 21.3 Å². The third-order valence-corrected chi connectivity index (χ3v) is 7.32. The molecular formula is C21H37N5O5S. The zero-order chi connectivity index (χ0) is 23.3. The summed E-state index contributed by atoms with van der Waals surface area (Å²) in [5.41, 5.74) is 5.40. The van der Waals surface area contributed by atoms with E-state index in [0.29, 0.717) is 44.0 Å². The van der Waals surface area contributed by atoms with Gasteiger partial charge in [-0.3, -0.25) is 14.4 Å². The number of amides is 4. The Labute approximate surface area is 193 Å². The van der Waals surface area contributed by atoms with Gasteiger partial charge in [-0.2, -0.15) is 11.8 Å². The first-order valence-electron chi connectivity index (χ1n) is 11.6. The number of nitrogens with one attached hydrogen (secondary N) is 4. The molecule has 0 spiro atoms. The summed E-state index contributed by atoms with van der Waals surface area (Å²) in [7, 11) is 0. The van der Waals surface area contributed by atoms with Crippen molar-refractivity contribution in [2.45, 2.75) is 87.6 Å². The molecule has 0 aromatic heterocycles. The number of carbonyl (C=O) groups excluding carboxylic acids is 3. The second kappa shape index (κ2) is 14.2. The van der Waals surface area contributed by atoms with Crippen molar-refractivity contribution in [2.75, 3.05) is 18.8 Å². The van der Waals surface area contributed by atoms with Gasteiger partial charge in [0, 0.05) is 36.9 Å². The summed E-state index contributed by atoms with van der Waals surface area (Å²) >= 11 is 1.89. The van der Waals surface area contributed by atoms with Crippen LogP contribution in [0, 0.1) is 0 Å². The fraction of sp³-hybridized carbons (Fsp3) is 0.810. The first-order chi connectivity index (χ1) is 15.4. The molecule has 0 saturated carbocycles. The van der Waals surface area contributed by atoms with Crippen LogP contribution >= 0.6 is 11.8 Å². The molecule has 2 fully saturated rings. The summed E-state index contributed by atoms with van der Waals surface area (Å²) < 4.78 is 0. The molecule has 0 aromatic carbocycles. The number of carbonyl (C=O) groups is 4. The van der Waals surface area contributed by atoms with E-state index in [4.69, 9.17) is 10.8 Å². The number of carboxylic acids is 1. The van der Waals surface area contributed by atoms with E-state index in [1.54, 1.807) is 0 Å². The zero-order valence-electron chi connectivity index (χ0n) is 18.6. The summed E-state index contributed by atoms with van der Waals surface area (Å²) in [5.74, 6) is -0.0482. The van der Waals surface area contributed by atoms with Gasteiger partial charge in [-0.25, -0.2) is 4.79 Å². The molecule has 2 aliphatic rings. The van der Waals surface area contributed by atoms with Crippen LogP contribution in [0.2, 0.25) is 0 Å². The molecule has 32 heavy (non-hydrogen) atoms. The van der Waals surface area contributed by atoms with Crippen LogP contribution in [-0.2, 0) is 14.4 Å². The second-order valence-electron chi connectivity index (χ2n) is 8.47. The number of hydrogen-bond donors (Lipinski definition) is 6. The van der Waals surface area contributed by atoms with Gasteiger partial charge in [0.25, 0.3) is 0 Å². The molecule has 7 N–H and O–H groups in total. The third-order valence-electron chi connectivity index (χ3n) is 5.81. The molecule has 11 heteroatoms. The monoisotopic (exact) mass is 471 g/mol. The molecule has 4 atom stereocenters. The first-order valence-corrected chi connectivity index (χ1v) is 12.6. The Hall–Kier alpha value is -2.01. The smallest absolute Gasteiger partial charge is 0.320 e. The highest BCUT2D eigenvalue weighted by Gasteiger charge is 2.42. The molecule has 2 rings (SSSR count). The Morgan fingerprint density at radius 3 is 2.34 bits per heavy atom. The summed E-state index contributed by atoms with van der Waals surface area (Å²) in [6.45, 7) is 1.05. The summed E-state index contributed by atoms with van der Waals surface area (Å²) in [5, 5.41) is 20.7. The molecule has 10 nitrogen and oxygen atoms in total. The van der Waals surface area contributed by atoms with E-state index in [1.807, 2.05) is 11.8 Å². The van der Waals surface area contributed by atoms with Crippen molar-refractivity contribution >= 4 is 35.6 Å². The molecule has 0 aliphatic carbocycles. The van der Waals surface area contributed by atoms with Crippen LogP contribution in [0.25, 0.3) is 0 Å². The lowest BCUT2D eigenvalue weighted by atomic mass is 10.0. The molecule has 2 saturated heterocycles. The number of nitrogens with two attached hydrogens (primary N) is 1. The molecule has 0 radical (unpaired) electrons. The number of thioether (sulfide) groups is 1. The number of carboxylic acid groups (broad SMARTS) is 1. The lowest BCUT2D eigenvalue weighted by Crippen LogP contribution is -2.36. The molecule has 182 valence electrons. The third kappa shape index (κ3) is 9.64. The van der Waals surface area contributed by atoms with Crippen LogP contribution in [-0.4, -0.2) is 71.1 Å². The van der Waals surface area contributed by atoms with Crippen molar-refractivity contribution in [1.29, 1.82) is 0 Å². The van der Waals surface area contributed by atoms with Crippen molar-refractivity contribution in [3.05, 3.63) is 0 Å². The van der Waals surface area contributed by atoms with Gasteiger partial charge in [0.1, 0.15) is 6.04 Å².